The minimum Gasteiger partial charge on any atom is -0.312 e. The molecule has 1 aromatic rings. The van der Waals surface area contributed by atoms with E-state index in [0.29, 0.717) is 12.0 Å². The molecule has 3 heteroatoms. The molecule has 1 aliphatic rings. The average Bonchev–Trinajstić information content (AvgIpc) is 2.45. The second-order valence-electron chi connectivity index (χ2n) is 5.60. The van der Waals surface area contributed by atoms with E-state index in [1.54, 1.807) is 5.56 Å². The lowest BCUT2D eigenvalue weighted by molar-refractivity contribution is 0.232. The van der Waals surface area contributed by atoms with Gasteiger partial charge in [-0.05, 0) is 43.5 Å². The number of nitrogens with one attached hydrogen (secondary N) is 1. The van der Waals surface area contributed by atoms with E-state index in [2.05, 4.69) is 54.7 Å². The summed E-state index contributed by atoms with van der Waals surface area (Å²) in [7, 11) is 2.27. The van der Waals surface area contributed by atoms with E-state index >= 15 is 0 Å². The number of hydrogen-bond donors (Lipinski definition) is 1. The minimum absolute atomic E-state index is 0.631. The lowest BCUT2D eigenvalue weighted by Crippen LogP contribution is -2.39. The number of rotatable bonds is 6. The van der Waals surface area contributed by atoms with Crippen LogP contribution in [0, 0.1) is 0 Å². The maximum Gasteiger partial charge on any atom is 0.0208 e. The molecule has 106 valence electrons. The maximum atomic E-state index is 3.55. The molecule has 2 rings (SSSR count). The fraction of sp³-hybridized carbons (Fsp3) is 0.625. The molecule has 1 N–H and O–H groups in total. The van der Waals surface area contributed by atoms with Crippen LogP contribution in [0.2, 0.25) is 0 Å². The van der Waals surface area contributed by atoms with E-state index in [1.165, 1.54) is 17.7 Å². The van der Waals surface area contributed by atoms with Gasteiger partial charge in [-0.1, -0.05) is 24.3 Å². The van der Waals surface area contributed by atoms with Crippen molar-refractivity contribution in [3.05, 3.63) is 35.4 Å². The van der Waals surface area contributed by atoms with Crippen molar-refractivity contribution in [1.82, 2.24) is 10.2 Å². The predicted octanol–water partition coefficient (Wildman–Crippen LogP) is 2.95. The van der Waals surface area contributed by atoms with Gasteiger partial charge in [-0.25, -0.2) is 0 Å². The zero-order chi connectivity index (χ0) is 13.7. The Bertz CT molecular complexity index is 394. The molecule has 1 heterocycles. The van der Waals surface area contributed by atoms with Crippen molar-refractivity contribution >= 4 is 11.8 Å². The number of nitrogens with zero attached hydrogens (tertiary/aromatic N) is 1. The van der Waals surface area contributed by atoms with Gasteiger partial charge in [-0.3, -0.25) is 0 Å². The topological polar surface area (TPSA) is 15.3 Å². The van der Waals surface area contributed by atoms with E-state index < -0.39 is 0 Å². The van der Waals surface area contributed by atoms with Crippen LogP contribution in [0.5, 0.6) is 0 Å². The Kier molecular flexibility index (Phi) is 5.74. The Morgan fingerprint density at radius 1 is 1.42 bits per heavy atom. The van der Waals surface area contributed by atoms with Crippen molar-refractivity contribution < 1.29 is 0 Å². The van der Waals surface area contributed by atoms with Crippen molar-refractivity contribution in [3.8, 4) is 0 Å². The van der Waals surface area contributed by atoms with Gasteiger partial charge in [-0.15, -0.1) is 0 Å². The number of benzene rings is 1. The summed E-state index contributed by atoms with van der Waals surface area (Å²) in [5, 5.41) is 3.55. The first-order chi connectivity index (χ1) is 9.22. The first-order valence-electron chi connectivity index (χ1n) is 7.20. The Balaban J connectivity index is 1.96. The van der Waals surface area contributed by atoms with E-state index in [1.807, 2.05) is 11.8 Å². The summed E-state index contributed by atoms with van der Waals surface area (Å²) >= 11 is 1.94. The molecule has 0 spiro atoms. The predicted molar refractivity (Wildman–Crippen MR) is 86.0 cm³/mol. The normalized spacial score (nSPS) is 20.3. The molecule has 0 saturated carbocycles. The Hall–Kier alpha value is -0.510. The molecule has 0 bridgehead atoms. The van der Waals surface area contributed by atoms with Crippen LogP contribution in [0.4, 0.5) is 0 Å². The highest BCUT2D eigenvalue weighted by Crippen LogP contribution is 2.25. The summed E-state index contributed by atoms with van der Waals surface area (Å²) in [6.07, 6.45) is 3.47. The van der Waals surface area contributed by atoms with Crippen molar-refractivity contribution in [2.45, 2.75) is 31.8 Å². The highest BCUT2D eigenvalue weighted by molar-refractivity contribution is 7.98. The van der Waals surface area contributed by atoms with Crippen molar-refractivity contribution in [3.63, 3.8) is 0 Å². The lowest BCUT2D eigenvalue weighted by atomic mass is 9.90. The van der Waals surface area contributed by atoms with Gasteiger partial charge >= 0.3 is 0 Å². The molecule has 2 unspecified atom stereocenters. The van der Waals surface area contributed by atoms with Gasteiger partial charge in [0.2, 0.25) is 0 Å². The summed E-state index contributed by atoms with van der Waals surface area (Å²) in [5.74, 6) is 1.89. The quantitative estimate of drug-likeness (QED) is 0.861. The summed E-state index contributed by atoms with van der Waals surface area (Å²) in [5.41, 5.74) is 3.02. The van der Waals surface area contributed by atoms with E-state index in [4.69, 9.17) is 0 Å². The van der Waals surface area contributed by atoms with Gasteiger partial charge < -0.3 is 10.2 Å². The van der Waals surface area contributed by atoms with Crippen LogP contribution in [-0.2, 0) is 6.54 Å². The molecule has 2 atom stereocenters. The van der Waals surface area contributed by atoms with Gasteiger partial charge in [-0.2, -0.15) is 11.8 Å². The Morgan fingerprint density at radius 2 is 2.21 bits per heavy atom. The van der Waals surface area contributed by atoms with Crippen LogP contribution in [-0.4, -0.2) is 43.1 Å². The summed E-state index contributed by atoms with van der Waals surface area (Å²) in [6, 6.07) is 9.55. The van der Waals surface area contributed by atoms with Crippen LogP contribution in [0.25, 0.3) is 0 Å². The zero-order valence-electron chi connectivity index (χ0n) is 12.4. The van der Waals surface area contributed by atoms with Gasteiger partial charge in [0, 0.05) is 31.6 Å². The van der Waals surface area contributed by atoms with Gasteiger partial charge in [0.25, 0.3) is 0 Å². The van der Waals surface area contributed by atoms with Gasteiger partial charge in [0.1, 0.15) is 0 Å². The lowest BCUT2D eigenvalue weighted by Gasteiger charge is -2.33. The van der Waals surface area contributed by atoms with Crippen LogP contribution in [0.1, 0.15) is 30.4 Å². The third-order valence-corrected chi connectivity index (χ3v) is 4.85. The molecule has 0 aliphatic carbocycles. The summed E-state index contributed by atoms with van der Waals surface area (Å²) in [6.45, 7) is 5.63. The number of hydrogen-bond acceptors (Lipinski definition) is 3. The average molecular weight is 278 g/mol. The van der Waals surface area contributed by atoms with Gasteiger partial charge in [0.15, 0.2) is 0 Å². The molecule has 0 amide bonds. The molecular weight excluding hydrogens is 252 g/mol. The van der Waals surface area contributed by atoms with Crippen molar-refractivity contribution in [2.24, 2.45) is 0 Å². The SMILES string of the molecule is CSCCC(C)N(C)CC1CNCc2ccccc21. The smallest absolute Gasteiger partial charge is 0.0208 e. The van der Waals surface area contributed by atoms with E-state index in [9.17, 15) is 0 Å². The minimum atomic E-state index is 0.631. The first kappa shape index (κ1) is 14.9. The number of fused-ring (bicyclic) bond motifs is 1. The Labute approximate surface area is 122 Å². The zero-order valence-corrected chi connectivity index (χ0v) is 13.2. The molecular formula is C16H26N2S. The molecule has 0 radical (unpaired) electrons. The molecule has 1 aromatic carbocycles. The molecule has 1 aliphatic heterocycles. The van der Waals surface area contributed by atoms with Crippen molar-refractivity contribution in [2.75, 3.05) is 32.1 Å². The standard InChI is InChI=1S/C16H26N2S/c1-13(8-9-19-3)18(2)12-15-11-17-10-14-6-4-5-7-16(14)15/h4-7,13,15,17H,8-12H2,1-3H3. The number of thioether (sulfide) groups is 1. The summed E-state index contributed by atoms with van der Waals surface area (Å²) in [4.78, 5) is 2.52. The monoisotopic (exact) mass is 278 g/mol. The van der Waals surface area contributed by atoms with E-state index in [0.717, 1.165) is 19.6 Å². The molecule has 0 fully saturated rings. The third-order valence-electron chi connectivity index (χ3n) is 4.20. The maximum absolute atomic E-state index is 3.55. The third kappa shape index (κ3) is 3.98. The van der Waals surface area contributed by atoms with E-state index in [-0.39, 0.29) is 0 Å². The second-order valence-corrected chi connectivity index (χ2v) is 6.58. The Morgan fingerprint density at radius 3 is 3.00 bits per heavy atom. The molecule has 0 aromatic heterocycles. The van der Waals surface area contributed by atoms with Gasteiger partial charge in [0.05, 0.1) is 0 Å². The van der Waals surface area contributed by atoms with Crippen LogP contribution in [0.15, 0.2) is 24.3 Å². The largest absolute Gasteiger partial charge is 0.312 e. The van der Waals surface area contributed by atoms with Crippen molar-refractivity contribution in [1.29, 1.82) is 0 Å². The summed E-state index contributed by atoms with van der Waals surface area (Å²) < 4.78 is 0. The highest BCUT2D eigenvalue weighted by Gasteiger charge is 2.22. The second kappa shape index (κ2) is 7.32. The molecule has 0 saturated heterocycles. The fourth-order valence-electron chi connectivity index (χ4n) is 2.78. The molecule has 2 nitrogen and oxygen atoms in total. The molecule has 19 heavy (non-hydrogen) atoms. The fourth-order valence-corrected chi connectivity index (χ4v) is 3.36. The van der Waals surface area contributed by atoms with Crippen LogP contribution < -0.4 is 5.32 Å². The number of likely N-dealkylation sites (N-methyl/N-ethyl adjacent to an activating group) is 1. The van der Waals surface area contributed by atoms with Crippen LogP contribution in [0.3, 0.4) is 0 Å². The highest BCUT2D eigenvalue weighted by atomic mass is 32.2. The van der Waals surface area contributed by atoms with Crippen LogP contribution >= 0.6 is 11.8 Å². The first-order valence-corrected chi connectivity index (χ1v) is 8.59.